The third kappa shape index (κ3) is 4.18. The van der Waals surface area contributed by atoms with Gasteiger partial charge in [0.15, 0.2) is 0 Å². The largest absolute Gasteiger partial charge is 0.331 e. The summed E-state index contributed by atoms with van der Waals surface area (Å²) in [5, 5.41) is 4.23. The van der Waals surface area contributed by atoms with Crippen molar-refractivity contribution in [3.05, 3.63) is 45.7 Å². The van der Waals surface area contributed by atoms with Crippen molar-refractivity contribution in [1.82, 2.24) is 20.2 Å². The van der Waals surface area contributed by atoms with E-state index in [0.717, 1.165) is 41.4 Å². The highest BCUT2D eigenvalue weighted by Gasteiger charge is 2.28. The molecule has 134 valence electrons. The van der Waals surface area contributed by atoms with Gasteiger partial charge in [-0.3, -0.25) is 4.98 Å². The van der Waals surface area contributed by atoms with E-state index >= 15 is 0 Å². The lowest BCUT2D eigenvalue weighted by Gasteiger charge is -2.31. The van der Waals surface area contributed by atoms with Gasteiger partial charge < -0.3 is 10.2 Å². The molecule has 0 saturated carbocycles. The van der Waals surface area contributed by atoms with Gasteiger partial charge in [0.2, 0.25) is 0 Å². The maximum atomic E-state index is 13.0. The number of carbonyl (C=O) groups excluding carboxylic acids is 1. The average molecular weight is 359 g/mol. The van der Waals surface area contributed by atoms with E-state index in [0.29, 0.717) is 0 Å². The standard InChI is InChI=1S/C19H26N4OS/c1-13-18(25-15(3)21-13)14(2)22-19(24)23-12-6-4-5-7-17(23)16-8-10-20-11-9-16/h8-11,14,17H,4-7,12H2,1-3H3,(H,22,24). The number of urea groups is 1. The normalized spacial score (nSPS) is 19.3. The van der Waals surface area contributed by atoms with Gasteiger partial charge >= 0.3 is 6.03 Å². The highest BCUT2D eigenvalue weighted by atomic mass is 32.1. The lowest BCUT2D eigenvalue weighted by atomic mass is 10.0. The number of amides is 2. The van der Waals surface area contributed by atoms with Gasteiger partial charge in [-0.1, -0.05) is 12.8 Å². The highest BCUT2D eigenvalue weighted by molar-refractivity contribution is 7.11. The Morgan fingerprint density at radius 1 is 1.28 bits per heavy atom. The third-order valence-electron chi connectivity index (χ3n) is 4.78. The summed E-state index contributed by atoms with van der Waals surface area (Å²) >= 11 is 1.66. The predicted octanol–water partition coefficient (Wildman–Crippen LogP) is 4.54. The Bertz CT molecular complexity index is 715. The van der Waals surface area contributed by atoms with E-state index in [4.69, 9.17) is 0 Å². The first-order chi connectivity index (χ1) is 12.1. The van der Waals surface area contributed by atoms with Crippen molar-refractivity contribution in [3.8, 4) is 0 Å². The van der Waals surface area contributed by atoms with Gasteiger partial charge in [0, 0.05) is 23.8 Å². The van der Waals surface area contributed by atoms with Crippen molar-refractivity contribution in [3.63, 3.8) is 0 Å². The first kappa shape index (κ1) is 17.9. The second kappa shape index (κ2) is 7.95. The van der Waals surface area contributed by atoms with Gasteiger partial charge in [-0.15, -0.1) is 11.3 Å². The number of pyridine rings is 1. The molecule has 0 aromatic carbocycles. The molecular weight excluding hydrogens is 332 g/mol. The molecule has 0 spiro atoms. The van der Waals surface area contributed by atoms with E-state index in [1.165, 1.54) is 12.0 Å². The number of nitrogens with zero attached hydrogens (tertiary/aromatic N) is 3. The molecule has 1 fully saturated rings. The quantitative estimate of drug-likeness (QED) is 0.876. The lowest BCUT2D eigenvalue weighted by molar-refractivity contribution is 0.173. The van der Waals surface area contributed by atoms with E-state index in [2.05, 4.69) is 15.3 Å². The Balaban J connectivity index is 1.77. The van der Waals surface area contributed by atoms with Crippen LogP contribution in [0.2, 0.25) is 0 Å². The number of nitrogens with one attached hydrogen (secondary N) is 1. The van der Waals surface area contributed by atoms with Crippen LogP contribution in [-0.4, -0.2) is 27.4 Å². The molecule has 1 N–H and O–H groups in total. The third-order valence-corrected chi connectivity index (χ3v) is 6.03. The van der Waals surface area contributed by atoms with Crippen molar-refractivity contribution in [2.45, 2.75) is 58.5 Å². The molecule has 0 aliphatic carbocycles. The molecule has 3 heterocycles. The molecular formula is C19H26N4OS. The Morgan fingerprint density at radius 2 is 2.04 bits per heavy atom. The Morgan fingerprint density at radius 3 is 2.72 bits per heavy atom. The van der Waals surface area contributed by atoms with Crippen molar-refractivity contribution in [2.75, 3.05) is 6.54 Å². The van der Waals surface area contributed by atoms with Crippen LogP contribution < -0.4 is 5.32 Å². The molecule has 2 aromatic heterocycles. The van der Waals surface area contributed by atoms with Gasteiger partial charge in [0.05, 0.1) is 22.8 Å². The number of thiazole rings is 1. The van der Waals surface area contributed by atoms with Gasteiger partial charge in [-0.25, -0.2) is 9.78 Å². The Hall–Kier alpha value is -1.95. The summed E-state index contributed by atoms with van der Waals surface area (Å²) in [6.07, 6.45) is 8.00. The van der Waals surface area contributed by atoms with Crippen LogP contribution in [0.5, 0.6) is 0 Å². The predicted molar refractivity (Wildman–Crippen MR) is 101 cm³/mol. The number of carbonyl (C=O) groups is 1. The molecule has 2 aromatic rings. The van der Waals surface area contributed by atoms with Crippen LogP contribution in [0, 0.1) is 13.8 Å². The fourth-order valence-corrected chi connectivity index (χ4v) is 4.50. The molecule has 1 aliphatic heterocycles. The minimum absolute atomic E-state index is 0.0154. The van der Waals surface area contributed by atoms with Gasteiger partial charge in [-0.05, 0) is 51.3 Å². The van der Waals surface area contributed by atoms with Crippen LogP contribution in [0.15, 0.2) is 24.5 Å². The van der Waals surface area contributed by atoms with E-state index in [1.54, 1.807) is 11.3 Å². The van der Waals surface area contributed by atoms with Crippen LogP contribution >= 0.6 is 11.3 Å². The zero-order chi connectivity index (χ0) is 17.8. The monoisotopic (exact) mass is 358 g/mol. The molecule has 25 heavy (non-hydrogen) atoms. The lowest BCUT2D eigenvalue weighted by Crippen LogP contribution is -2.43. The SMILES string of the molecule is Cc1nc(C)c(C(C)NC(=O)N2CCCCCC2c2ccncc2)s1. The summed E-state index contributed by atoms with van der Waals surface area (Å²) in [7, 11) is 0. The van der Waals surface area contributed by atoms with Gasteiger partial charge in [0.25, 0.3) is 0 Å². The van der Waals surface area contributed by atoms with E-state index in [1.807, 2.05) is 50.2 Å². The number of hydrogen-bond donors (Lipinski definition) is 1. The Labute approximate surface area is 153 Å². The van der Waals surface area contributed by atoms with Crippen LogP contribution in [0.3, 0.4) is 0 Å². The van der Waals surface area contributed by atoms with Crippen LogP contribution in [0.25, 0.3) is 0 Å². The maximum absolute atomic E-state index is 13.0. The number of hydrogen-bond acceptors (Lipinski definition) is 4. The van der Waals surface area contributed by atoms with E-state index < -0.39 is 0 Å². The number of aromatic nitrogens is 2. The molecule has 1 saturated heterocycles. The Kier molecular flexibility index (Phi) is 5.68. The minimum atomic E-state index is -0.0277. The van der Waals surface area contributed by atoms with Crippen molar-refractivity contribution in [1.29, 1.82) is 0 Å². The zero-order valence-corrected chi connectivity index (χ0v) is 16.0. The summed E-state index contributed by atoms with van der Waals surface area (Å²) in [6, 6.07) is 4.16. The number of aryl methyl sites for hydroxylation is 2. The fraction of sp³-hybridized carbons (Fsp3) is 0.526. The summed E-state index contributed by atoms with van der Waals surface area (Å²) in [4.78, 5) is 24.7. The molecule has 2 unspecified atom stereocenters. The zero-order valence-electron chi connectivity index (χ0n) is 15.2. The molecule has 0 radical (unpaired) electrons. The maximum Gasteiger partial charge on any atom is 0.318 e. The van der Waals surface area contributed by atoms with Crippen LogP contribution in [-0.2, 0) is 0 Å². The first-order valence-electron chi connectivity index (χ1n) is 8.97. The molecule has 3 rings (SSSR count). The van der Waals surface area contributed by atoms with E-state index in [9.17, 15) is 4.79 Å². The van der Waals surface area contributed by atoms with Gasteiger partial charge in [-0.2, -0.15) is 0 Å². The van der Waals surface area contributed by atoms with Crippen molar-refractivity contribution < 1.29 is 4.79 Å². The summed E-state index contributed by atoms with van der Waals surface area (Å²) in [6.45, 7) is 6.85. The first-order valence-corrected chi connectivity index (χ1v) is 9.79. The summed E-state index contributed by atoms with van der Waals surface area (Å²) in [5.74, 6) is 0. The van der Waals surface area contributed by atoms with Crippen molar-refractivity contribution in [2.24, 2.45) is 0 Å². The molecule has 5 nitrogen and oxygen atoms in total. The van der Waals surface area contributed by atoms with Crippen LogP contribution in [0.1, 0.15) is 65.8 Å². The van der Waals surface area contributed by atoms with Crippen molar-refractivity contribution >= 4 is 17.4 Å². The molecule has 2 amide bonds. The van der Waals surface area contributed by atoms with Gasteiger partial charge in [0.1, 0.15) is 0 Å². The van der Waals surface area contributed by atoms with E-state index in [-0.39, 0.29) is 18.1 Å². The second-order valence-electron chi connectivity index (χ2n) is 6.69. The average Bonchev–Trinajstić information content (AvgIpc) is 2.81. The van der Waals surface area contributed by atoms with Crippen LogP contribution in [0.4, 0.5) is 4.79 Å². The second-order valence-corrected chi connectivity index (χ2v) is 7.93. The summed E-state index contributed by atoms with van der Waals surface area (Å²) in [5.41, 5.74) is 2.18. The number of likely N-dealkylation sites (tertiary alicyclic amines) is 1. The topological polar surface area (TPSA) is 58.1 Å². The molecule has 2 atom stereocenters. The molecule has 1 aliphatic rings. The number of rotatable bonds is 3. The minimum Gasteiger partial charge on any atom is -0.331 e. The highest BCUT2D eigenvalue weighted by Crippen LogP contribution is 2.31. The molecule has 6 heteroatoms. The smallest absolute Gasteiger partial charge is 0.318 e. The summed E-state index contributed by atoms with van der Waals surface area (Å²) < 4.78 is 0. The molecule has 0 bridgehead atoms. The fourth-order valence-electron chi connectivity index (χ4n) is 3.57.